The van der Waals surface area contributed by atoms with Crippen LogP contribution in [0.4, 0.5) is 0 Å². The van der Waals surface area contributed by atoms with Crippen molar-refractivity contribution in [3.63, 3.8) is 0 Å². The second-order valence-electron chi connectivity index (χ2n) is 5.76. The van der Waals surface area contributed by atoms with Crippen LogP contribution in [-0.2, 0) is 16.0 Å². The van der Waals surface area contributed by atoms with E-state index >= 15 is 0 Å². The predicted molar refractivity (Wildman–Crippen MR) is 83.0 cm³/mol. The van der Waals surface area contributed by atoms with Gasteiger partial charge in [-0.05, 0) is 31.9 Å². The van der Waals surface area contributed by atoms with Crippen molar-refractivity contribution in [3.05, 3.63) is 24.0 Å². The van der Waals surface area contributed by atoms with Gasteiger partial charge in [-0.15, -0.1) is 0 Å². The second-order valence-corrected chi connectivity index (χ2v) is 5.76. The van der Waals surface area contributed by atoms with Crippen molar-refractivity contribution < 1.29 is 14.3 Å². The van der Waals surface area contributed by atoms with Crippen molar-refractivity contribution in [3.8, 4) is 5.75 Å². The molecule has 2 heterocycles. The maximum Gasteiger partial charge on any atom is 0.251 e. The molecule has 0 bridgehead atoms. The summed E-state index contributed by atoms with van der Waals surface area (Å²) in [4.78, 5) is 19.9. The van der Waals surface area contributed by atoms with Gasteiger partial charge in [-0.2, -0.15) is 0 Å². The number of hydrogen-bond acceptors (Lipinski definition) is 4. The third-order valence-electron chi connectivity index (χ3n) is 4.08. The molecule has 1 aliphatic rings. The minimum absolute atomic E-state index is 0.0391. The molecule has 0 aliphatic carbocycles. The lowest BCUT2D eigenvalue weighted by molar-refractivity contribution is -0.139. The van der Waals surface area contributed by atoms with Gasteiger partial charge in [0.1, 0.15) is 17.2 Å². The van der Waals surface area contributed by atoms with Gasteiger partial charge in [-0.3, -0.25) is 4.79 Å². The molecule has 22 heavy (non-hydrogen) atoms. The molecule has 1 atom stereocenters. The van der Waals surface area contributed by atoms with Gasteiger partial charge >= 0.3 is 0 Å². The lowest BCUT2D eigenvalue weighted by Gasteiger charge is -2.21. The Morgan fingerprint density at radius 1 is 1.55 bits per heavy atom. The van der Waals surface area contributed by atoms with E-state index in [0.29, 0.717) is 19.6 Å². The fourth-order valence-electron chi connectivity index (χ4n) is 2.73. The standard InChI is InChI=1S/C16H21N3O3/c1-16(7-3-9-22-16)15(20)17-8-6-14-18-12-5-4-11(21-2)10-13(12)19-14/h4-5,10H,3,6-9H2,1-2H3,(H,17,20)(H,18,19)/t16-/m1/s1. The first-order valence-electron chi connectivity index (χ1n) is 7.56. The van der Waals surface area contributed by atoms with Crippen molar-refractivity contribution in [2.24, 2.45) is 0 Å². The van der Waals surface area contributed by atoms with Crippen LogP contribution in [0.2, 0.25) is 0 Å². The zero-order chi connectivity index (χ0) is 15.6. The summed E-state index contributed by atoms with van der Waals surface area (Å²) < 4.78 is 10.7. The van der Waals surface area contributed by atoms with Gasteiger partial charge < -0.3 is 19.8 Å². The number of methoxy groups -OCH3 is 1. The molecule has 1 fully saturated rings. The highest BCUT2D eigenvalue weighted by Crippen LogP contribution is 2.25. The van der Waals surface area contributed by atoms with Gasteiger partial charge in [0, 0.05) is 25.6 Å². The molecule has 0 unspecified atom stereocenters. The van der Waals surface area contributed by atoms with Gasteiger partial charge in [0.05, 0.1) is 18.1 Å². The summed E-state index contributed by atoms with van der Waals surface area (Å²) >= 11 is 0. The maximum absolute atomic E-state index is 12.1. The molecule has 3 rings (SSSR count). The van der Waals surface area contributed by atoms with Gasteiger partial charge in [0.25, 0.3) is 5.91 Å². The second kappa shape index (κ2) is 5.96. The number of fused-ring (bicyclic) bond motifs is 1. The van der Waals surface area contributed by atoms with Gasteiger partial charge in [-0.25, -0.2) is 4.98 Å². The summed E-state index contributed by atoms with van der Waals surface area (Å²) in [7, 11) is 1.64. The number of H-pyrrole nitrogens is 1. The SMILES string of the molecule is COc1ccc2nc(CCNC(=O)[C@@]3(C)CCCO3)[nH]c2c1. The number of imidazole rings is 1. The Bertz CT molecular complexity index is 674. The highest BCUT2D eigenvalue weighted by Gasteiger charge is 2.37. The Morgan fingerprint density at radius 3 is 3.14 bits per heavy atom. The van der Waals surface area contributed by atoms with Crippen LogP contribution in [0.5, 0.6) is 5.75 Å². The van der Waals surface area contributed by atoms with E-state index in [-0.39, 0.29) is 5.91 Å². The Hall–Kier alpha value is -2.08. The molecule has 118 valence electrons. The number of hydrogen-bond donors (Lipinski definition) is 2. The number of aromatic amines is 1. The first-order valence-corrected chi connectivity index (χ1v) is 7.56. The summed E-state index contributed by atoms with van der Waals surface area (Å²) in [6.07, 6.45) is 2.37. The lowest BCUT2D eigenvalue weighted by Crippen LogP contribution is -2.44. The Morgan fingerprint density at radius 2 is 2.41 bits per heavy atom. The number of amides is 1. The van der Waals surface area contributed by atoms with E-state index < -0.39 is 5.60 Å². The van der Waals surface area contributed by atoms with Crippen molar-refractivity contribution >= 4 is 16.9 Å². The lowest BCUT2D eigenvalue weighted by atomic mass is 10.0. The Kier molecular flexibility index (Phi) is 4.02. The fraction of sp³-hybridized carbons (Fsp3) is 0.500. The monoisotopic (exact) mass is 303 g/mol. The minimum Gasteiger partial charge on any atom is -0.497 e. The van der Waals surface area contributed by atoms with Gasteiger partial charge in [-0.1, -0.05) is 0 Å². The van der Waals surface area contributed by atoms with E-state index in [9.17, 15) is 4.79 Å². The zero-order valence-corrected chi connectivity index (χ0v) is 12.9. The fourth-order valence-corrected chi connectivity index (χ4v) is 2.73. The highest BCUT2D eigenvalue weighted by molar-refractivity contribution is 5.85. The quantitative estimate of drug-likeness (QED) is 0.883. The molecule has 1 aromatic carbocycles. The molecule has 1 aromatic heterocycles. The number of ether oxygens (including phenoxy) is 2. The number of carbonyl (C=O) groups excluding carboxylic acids is 1. The molecule has 0 radical (unpaired) electrons. The maximum atomic E-state index is 12.1. The Balaban J connectivity index is 1.58. The first-order chi connectivity index (χ1) is 10.6. The van der Waals surface area contributed by atoms with Crippen molar-refractivity contribution in [2.45, 2.75) is 31.8 Å². The van der Waals surface area contributed by atoms with Gasteiger partial charge in [0.15, 0.2) is 0 Å². The minimum atomic E-state index is -0.665. The molecule has 0 saturated carbocycles. The number of nitrogens with one attached hydrogen (secondary N) is 2. The third kappa shape index (κ3) is 2.92. The van der Waals surface area contributed by atoms with E-state index in [1.165, 1.54) is 0 Å². The number of aromatic nitrogens is 2. The first kappa shape index (κ1) is 14.8. The van der Waals surface area contributed by atoms with Crippen LogP contribution in [0.25, 0.3) is 11.0 Å². The van der Waals surface area contributed by atoms with Crippen LogP contribution < -0.4 is 10.1 Å². The van der Waals surface area contributed by atoms with E-state index in [4.69, 9.17) is 9.47 Å². The van der Waals surface area contributed by atoms with Gasteiger partial charge in [0.2, 0.25) is 0 Å². The summed E-state index contributed by atoms with van der Waals surface area (Å²) in [6.45, 7) is 3.05. The van der Waals surface area contributed by atoms with Crippen LogP contribution in [0.15, 0.2) is 18.2 Å². The highest BCUT2D eigenvalue weighted by atomic mass is 16.5. The summed E-state index contributed by atoms with van der Waals surface area (Å²) in [6, 6.07) is 5.71. The molecular formula is C16H21N3O3. The van der Waals surface area contributed by atoms with Crippen LogP contribution in [-0.4, -0.2) is 41.7 Å². The largest absolute Gasteiger partial charge is 0.497 e. The molecule has 1 aliphatic heterocycles. The molecular weight excluding hydrogens is 282 g/mol. The van der Waals surface area contributed by atoms with Crippen LogP contribution in [0.1, 0.15) is 25.6 Å². The molecule has 0 spiro atoms. The van der Waals surface area contributed by atoms with E-state index in [2.05, 4.69) is 15.3 Å². The van der Waals surface area contributed by atoms with Crippen LogP contribution in [0, 0.1) is 0 Å². The summed E-state index contributed by atoms with van der Waals surface area (Å²) in [5.74, 6) is 1.60. The van der Waals surface area contributed by atoms with Crippen molar-refractivity contribution in [1.82, 2.24) is 15.3 Å². The van der Waals surface area contributed by atoms with E-state index in [1.54, 1.807) is 7.11 Å². The zero-order valence-electron chi connectivity index (χ0n) is 12.9. The summed E-state index contributed by atoms with van der Waals surface area (Å²) in [5, 5.41) is 2.93. The molecule has 2 N–H and O–H groups in total. The van der Waals surface area contributed by atoms with Crippen LogP contribution in [0.3, 0.4) is 0 Å². The van der Waals surface area contributed by atoms with Crippen molar-refractivity contribution in [2.75, 3.05) is 20.3 Å². The average Bonchev–Trinajstić information content (AvgIpc) is 3.13. The number of rotatable bonds is 5. The number of carbonyl (C=O) groups is 1. The van der Waals surface area contributed by atoms with Crippen molar-refractivity contribution in [1.29, 1.82) is 0 Å². The molecule has 1 saturated heterocycles. The molecule has 2 aromatic rings. The summed E-state index contributed by atoms with van der Waals surface area (Å²) in [5.41, 5.74) is 1.17. The van der Waals surface area contributed by atoms with E-state index in [1.807, 2.05) is 25.1 Å². The van der Waals surface area contributed by atoms with E-state index in [0.717, 1.165) is 35.4 Å². The smallest absolute Gasteiger partial charge is 0.251 e. The Labute approximate surface area is 129 Å². The molecule has 6 nitrogen and oxygen atoms in total. The van der Waals surface area contributed by atoms with Crippen LogP contribution >= 0.6 is 0 Å². The topological polar surface area (TPSA) is 76.2 Å². The number of benzene rings is 1. The molecule has 6 heteroatoms. The molecule has 1 amide bonds. The average molecular weight is 303 g/mol. The predicted octanol–water partition coefficient (Wildman–Crippen LogP) is 1.80. The number of nitrogens with zero attached hydrogens (tertiary/aromatic N) is 1. The third-order valence-corrected chi connectivity index (χ3v) is 4.08. The normalized spacial score (nSPS) is 21.2.